The lowest BCUT2D eigenvalue weighted by Gasteiger charge is -2.16. The Labute approximate surface area is 165 Å². The predicted molar refractivity (Wildman–Crippen MR) is 108 cm³/mol. The first-order valence-corrected chi connectivity index (χ1v) is 8.76. The van der Waals surface area contributed by atoms with Crippen molar-refractivity contribution >= 4 is 35.6 Å². The highest BCUT2D eigenvalue weighted by Gasteiger charge is 2.21. The van der Waals surface area contributed by atoms with E-state index in [2.05, 4.69) is 5.32 Å². The van der Waals surface area contributed by atoms with E-state index in [1.807, 2.05) is 36.4 Å². The monoisotopic (exact) mass is 389 g/mol. The van der Waals surface area contributed by atoms with Gasteiger partial charge in [0.25, 0.3) is 5.91 Å². The molecule has 0 radical (unpaired) electrons. The van der Waals surface area contributed by atoms with Gasteiger partial charge in [0, 0.05) is 30.9 Å². The summed E-state index contributed by atoms with van der Waals surface area (Å²) in [7, 11) is 0. The van der Waals surface area contributed by atoms with E-state index in [9.17, 15) is 9.59 Å². The lowest BCUT2D eigenvalue weighted by atomic mass is 10.1. The Kier molecular flexibility index (Phi) is 7.49. The maximum Gasteiger partial charge on any atom is 0.257 e. The Morgan fingerprint density at radius 1 is 1.11 bits per heavy atom. The molecule has 0 unspecified atom stereocenters. The van der Waals surface area contributed by atoms with Gasteiger partial charge in [0.15, 0.2) is 6.61 Å². The summed E-state index contributed by atoms with van der Waals surface area (Å²) in [6.07, 6.45) is 2.24. The molecule has 0 spiro atoms. The van der Waals surface area contributed by atoms with Crippen LogP contribution in [0.25, 0.3) is 0 Å². The van der Waals surface area contributed by atoms with Gasteiger partial charge in [0.2, 0.25) is 5.91 Å². The highest BCUT2D eigenvalue weighted by molar-refractivity contribution is 5.95. The average Bonchev–Trinajstić information content (AvgIpc) is 3.08. The molecule has 3 rings (SSSR count). The zero-order valence-electron chi connectivity index (χ0n) is 15.0. The molecule has 2 aromatic rings. The van der Waals surface area contributed by atoms with E-state index in [0.717, 1.165) is 36.3 Å². The van der Waals surface area contributed by atoms with Crippen molar-refractivity contribution in [3.8, 4) is 5.75 Å². The Morgan fingerprint density at radius 3 is 2.44 bits per heavy atom. The van der Waals surface area contributed by atoms with Gasteiger partial charge in [-0.05, 0) is 54.8 Å². The molecular weight excluding hydrogens is 366 g/mol. The van der Waals surface area contributed by atoms with Crippen molar-refractivity contribution in [2.75, 3.05) is 30.3 Å². The van der Waals surface area contributed by atoms with E-state index in [4.69, 9.17) is 10.5 Å². The van der Waals surface area contributed by atoms with Crippen molar-refractivity contribution in [2.24, 2.45) is 0 Å². The highest BCUT2D eigenvalue weighted by atomic mass is 35.5. The Balaban J connectivity index is 0.00000261. The third-order valence-electron chi connectivity index (χ3n) is 4.31. The molecule has 0 atom stereocenters. The van der Waals surface area contributed by atoms with Gasteiger partial charge in [-0.2, -0.15) is 0 Å². The van der Waals surface area contributed by atoms with E-state index in [-0.39, 0.29) is 30.8 Å². The standard InChI is InChI=1S/C20H23N3O3.ClH/c21-16-5-3-15(4-6-16)11-12-22-19(24)14-26-18-9-7-17(8-10-18)23-13-1-2-20(23)25;/h3-10H,1-2,11-14,21H2,(H,22,24);1H. The molecule has 1 aliphatic rings. The summed E-state index contributed by atoms with van der Waals surface area (Å²) < 4.78 is 5.50. The predicted octanol–water partition coefficient (Wildman–Crippen LogP) is 2.56. The lowest BCUT2D eigenvalue weighted by Crippen LogP contribution is -2.30. The summed E-state index contributed by atoms with van der Waals surface area (Å²) in [6, 6.07) is 14.8. The molecule has 2 aromatic carbocycles. The molecule has 1 fully saturated rings. The van der Waals surface area contributed by atoms with Crippen LogP contribution in [0, 0.1) is 0 Å². The number of halogens is 1. The molecule has 1 aliphatic heterocycles. The van der Waals surface area contributed by atoms with Crippen LogP contribution in [0.15, 0.2) is 48.5 Å². The van der Waals surface area contributed by atoms with Crippen molar-refractivity contribution in [2.45, 2.75) is 19.3 Å². The van der Waals surface area contributed by atoms with Crippen LogP contribution >= 0.6 is 12.4 Å². The fourth-order valence-corrected chi connectivity index (χ4v) is 2.87. The van der Waals surface area contributed by atoms with E-state index in [1.54, 1.807) is 17.0 Å². The van der Waals surface area contributed by atoms with Gasteiger partial charge >= 0.3 is 0 Å². The number of nitrogens with two attached hydrogens (primary N) is 1. The van der Waals surface area contributed by atoms with Gasteiger partial charge in [0.1, 0.15) is 5.75 Å². The van der Waals surface area contributed by atoms with Gasteiger partial charge in [-0.3, -0.25) is 9.59 Å². The minimum absolute atomic E-state index is 0. The average molecular weight is 390 g/mol. The summed E-state index contributed by atoms with van der Waals surface area (Å²) >= 11 is 0. The van der Waals surface area contributed by atoms with E-state index < -0.39 is 0 Å². The van der Waals surface area contributed by atoms with Crippen LogP contribution in [0.1, 0.15) is 18.4 Å². The van der Waals surface area contributed by atoms with Crippen LogP contribution in [0.5, 0.6) is 5.75 Å². The molecule has 2 amide bonds. The summed E-state index contributed by atoms with van der Waals surface area (Å²) in [6.45, 7) is 1.27. The van der Waals surface area contributed by atoms with Crippen molar-refractivity contribution < 1.29 is 14.3 Å². The fraction of sp³-hybridized carbons (Fsp3) is 0.300. The van der Waals surface area contributed by atoms with Crippen molar-refractivity contribution in [1.29, 1.82) is 0 Å². The first kappa shape index (κ1) is 20.6. The molecule has 0 bridgehead atoms. The summed E-state index contributed by atoms with van der Waals surface area (Å²) in [5.41, 5.74) is 8.36. The second kappa shape index (κ2) is 9.83. The SMILES string of the molecule is Cl.Nc1ccc(CCNC(=O)COc2ccc(N3CCCC3=O)cc2)cc1. The zero-order chi connectivity index (χ0) is 18.4. The number of carbonyl (C=O) groups is 2. The third-order valence-corrected chi connectivity index (χ3v) is 4.31. The van der Waals surface area contributed by atoms with Crippen LogP contribution in [0.2, 0.25) is 0 Å². The number of ether oxygens (including phenoxy) is 1. The van der Waals surface area contributed by atoms with Crippen molar-refractivity contribution in [3.63, 3.8) is 0 Å². The van der Waals surface area contributed by atoms with Crippen molar-refractivity contribution in [1.82, 2.24) is 5.32 Å². The molecule has 1 heterocycles. The van der Waals surface area contributed by atoms with E-state index in [0.29, 0.717) is 18.7 Å². The molecule has 144 valence electrons. The van der Waals surface area contributed by atoms with Gasteiger partial charge in [-0.15, -0.1) is 12.4 Å². The molecule has 7 heteroatoms. The highest BCUT2D eigenvalue weighted by Crippen LogP contribution is 2.23. The second-order valence-electron chi connectivity index (χ2n) is 6.27. The van der Waals surface area contributed by atoms with Crippen LogP contribution in [0.4, 0.5) is 11.4 Å². The molecule has 3 N–H and O–H groups in total. The topological polar surface area (TPSA) is 84.7 Å². The number of nitrogens with one attached hydrogen (secondary N) is 1. The number of benzene rings is 2. The van der Waals surface area contributed by atoms with Gasteiger partial charge in [0.05, 0.1) is 0 Å². The largest absolute Gasteiger partial charge is 0.484 e. The maximum atomic E-state index is 11.9. The molecule has 0 saturated carbocycles. The number of hydrogen-bond donors (Lipinski definition) is 2. The normalized spacial score (nSPS) is 13.2. The van der Waals surface area contributed by atoms with E-state index >= 15 is 0 Å². The summed E-state index contributed by atoms with van der Waals surface area (Å²) in [4.78, 5) is 25.4. The van der Waals surface area contributed by atoms with Crippen LogP contribution in [-0.2, 0) is 16.0 Å². The second-order valence-corrected chi connectivity index (χ2v) is 6.27. The number of nitrogens with zero attached hydrogens (tertiary/aromatic N) is 1. The van der Waals surface area contributed by atoms with Gasteiger partial charge in [-0.25, -0.2) is 0 Å². The number of anilines is 2. The first-order valence-electron chi connectivity index (χ1n) is 8.76. The zero-order valence-corrected chi connectivity index (χ0v) is 15.8. The van der Waals surface area contributed by atoms with Crippen LogP contribution in [0.3, 0.4) is 0 Å². The van der Waals surface area contributed by atoms with Gasteiger partial charge < -0.3 is 20.7 Å². The number of amides is 2. The lowest BCUT2D eigenvalue weighted by molar-refractivity contribution is -0.123. The quantitative estimate of drug-likeness (QED) is 0.713. The Hall–Kier alpha value is -2.73. The van der Waals surface area contributed by atoms with Crippen LogP contribution < -0.4 is 20.7 Å². The Morgan fingerprint density at radius 2 is 1.81 bits per heavy atom. The molecule has 0 aliphatic carbocycles. The number of hydrogen-bond acceptors (Lipinski definition) is 4. The molecule has 27 heavy (non-hydrogen) atoms. The summed E-state index contributed by atoms with van der Waals surface area (Å²) in [5, 5.41) is 2.83. The Bertz CT molecular complexity index is 763. The summed E-state index contributed by atoms with van der Waals surface area (Å²) in [5.74, 6) is 0.590. The smallest absolute Gasteiger partial charge is 0.257 e. The number of nitrogen functional groups attached to an aromatic ring is 1. The van der Waals surface area contributed by atoms with E-state index in [1.165, 1.54) is 0 Å². The first-order chi connectivity index (χ1) is 12.6. The third kappa shape index (κ3) is 5.89. The maximum absolute atomic E-state index is 11.9. The molecular formula is C20H24ClN3O3. The minimum Gasteiger partial charge on any atom is -0.484 e. The molecule has 1 saturated heterocycles. The molecule has 6 nitrogen and oxygen atoms in total. The number of carbonyl (C=O) groups excluding carboxylic acids is 2. The van der Waals surface area contributed by atoms with Gasteiger partial charge in [-0.1, -0.05) is 12.1 Å². The molecule has 0 aromatic heterocycles. The van der Waals surface area contributed by atoms with Crippen molar-refractivity contribution in [3.05, 3.63) is 54.1 Å². The fourth-order valence-electron chi connectivity index (χ4n) is 2.87. The number of rotatable bonds is 7. The minimum atomic E-state index is -0.167. The van der Waals surface area contributed by atoms with Crippen LogP contribution in [-0.4, -0.2) is 31.5 Å².